The van der Waals surface area contributed by atoms with Crippen molar-refractivity contribution in [3.05, 3.63) is 59.4 Å². The Bertz CT molecular complexity index is 1090. The van der Waals surface area contributed by atoms with Gasteiger partial charge in [-0.15, -0.1) is 0 Å². The number of fused-ring (bicyclic) bond motifs is 1. The zero-order chi connectivity index (χ0) is 20.6. The molecule has 9 nitrogen and oxygen atoms in total. The molecule has 3 heterocycles. The van der Waals surface area contributed by atoms with Crippen LogP contribution in [0.2, 0.25) is 0 Å². The molecule has 0 aliphatic carbocycles. The molecule has 0 unspecified atom stereocenters. The van der Waals surface area contributed by atoms with Gasteiger partial charge < -0.3 is 5.32 Å². The number of hydrogen-bond donors (Lipinski definition) is 2. The molecule has 1 fully saturated rings. The van der Waals surface area contributed by atoms with Gasteiger partial charge in [0, 0.05) is 31.5 Å². The summed E-state index contributed by atoms with van der Waals surface area (Å²) in [5.74, 6) is -1.37. The molecule has 2 aliphatic rings. The van der Waals surface area contributed by atoms with E-state index in [9.17, 15) is 22.8 Å². The highest BCUT2D eigenvalue weighted by Gasteiger charge is 2.33. The summed E-state index contributed by atoms with van der Waals surface area (Å²) in [7, 11) is -3.81. The monoisotopic (exact) mass is 414 g/mol. The fourth-order valence-electron chi connectivity index (χ4n) is 3.46. The Labute approximate surface area is 167 Å². The van der Waals surface area contributed by atoms with Gasteiger partial charge in [-0.25, -0.2) is 8.42 Å². The summed E-state index contributed by atoms with van der Waals surface area (Å²) in [4.78, 5) is 39.6. The lowest BCUT2D eigenvalue weighted by atomic mass is 10.1. The van der Waals surface area contributed by atoms with Crippen LogP contribution < -0.4 is 10.6 Å². The Balaban J connectivity index is 1.43. The van der Waals surface area contributed by atoms with E-state index in [0.29, 0.717) is 18.4 Å². The molecule has 1 aromatic carbocycles. The average Bonchev–Trinajstić information content (AvgIpc) is 3.02. The fourth-order valence-corrected chi connectivity index (χ4v) is 4.96. The second-order valence-corrected chi connectivity index (χ2v) is 8.82. The lowest BCUT2D eigenvalue weighted by Crippen LogP contribution is -2.46. The SMILES string of the molecule is O=C(NC1CCN(S(=O)(=O)c2ccc3c(c2)C(=O)NC3=O)CC1)c1cccnc1. The van der Waals surface area contributed by atoms with Crippen molar-refractivity contribution in [1.29, 1.82) is 0 Å². The normalized spacial score (nSPS) is 17.7. The molecule has 4 rings (SSSR count). The van der Waals surface area contributed by atoms with E-state index in [2.05, 4.69) is 15.6 Å². The van der Waals surface area contributed by atoms with Gasteiger partial charge in [-0.1, -0.05) is 0 Å². The summed E-state index contributed by atoms with van der Waals surface area (Å²) in [5, 5.41) is 5.05. The largest absolute Gasteiger partial charge is 0.349 e. The quantitative estimate of drug-likeness (QED) is 0.704. The summed E-state index contributed by atoms with van der Waals surface area (Å²) < 4.78 is 27.2. The number of hydrogen-bond acceptors (Lipinski definition) is 6. The van der Waals surface area contributed by atoms with Crippen LogP contribution in [-0.2, 0) is 10.0 Å². The number of sulfonamides is 1. The molecule has 0 spiro atoms. The van der Waals surface area contributed by atoms with Gasteiger partial charge in [0.2, 0.25) is 10.0 Å². The van der Waals surface area contributed by atoms with Gasteiger partial charge in [0.15, 0.2) is 0 Å². The zero-order valence-corrected chi connectivity index (χ0v) is 16.1. The van der Waals surface area contributed by atoms with Crippen molar-refractivity contribution in [1.82, 2.24) is 19.9 Å². The van der Waals surface area contributed by atoms with E-state index in [-0.39, 0.29) is 41.1 Å². The van der Waals surface area contributed by atoms with Crippen molar-refractivity contribution in [2.24, 2.45) is 0 Å². The van der Waals surface area contributed by atoms with Gasteiger partial charge >= 0.3 is 0 Å². The Kier molecular flexibility index (Phi) is 4.89. The number of rotatable bonds is 4. The Morgan fingerprint density at radius 3 is 2.52 bits per heavy atom. The highest BCUT2D eigenvalue weighted by Crippen LogP contribution is 2.25. The van der Waals surface area contributed by atoms with Crippen molar-refractivity contribution in [2.75, 3.05) is 13.1 Å². The molecule has 3 amide bonds. The molecule has 2 aliphatic heterocycles. The molecule has 150 valence electrons. The van der Waals surface area contributed by atoms with Crippen LogP contribution in [0.25, 0.3) is 0 Å². The van der Waals surface area contributed by atoms with Crippen LogP contribution in [0.3, 0.4) is 0 Å². The maximum atomic E-state index is 12.9. The number of aromatic nitrogens is 1. The van der Waals surface area contributed by atoms with Crippen LogP contribution >= 0.6 is 0 Å². The number of imide groups is 1. The molecular weight excluding hydrogens is 396 g/mol. The molecule has 0 atom stereocenters. The molecule has 0 bridgehead atoms. The first-order valence-electron chi connectivity index (χ1n) is 9.07. The average molecular weight is 414 g/mol. The first-order chi connectivity index (χ1) is 13.9. The minimum atomic E-state index is -3.81. The van der Waals surface area contributed by atoms with Crippen molar-refractivity contribution in [2.45, 2.75) is 23.8 Å². The van der Waals surface area contributed by atoms with E-state index in [4.69, 9.17) is 0 Å². The van der Waals surface area contributed by atoms with Gasteiger partial charge in [0.1, 0.15) is 0 Å². The molecule has 2 aromatic rings. The summed E-state index contributed by atoms with van der Waals surface area (Å²) in [6.07, 6.45) is 3.99. The van der Waals surface area contributed by atoms with Crippen molar-refractivity contribution >= 4 is 27.7 Å². The lowest BCUT2D eigenvalue weighted by molar-refractivity contribution is 0.0876. The molecule has 10 heteroatoms. The Morgan fingerprint density at radius 2 is 1.83 bits per heavy atom. The van der Waals surface area contributed by atoms with E-state index in [1.54, 1.807) is 18.3 Å². The molecule has 1 aromatic heterocycles. The topological polar surface area (TPSA) is 126 Å². The number of carbonyl (C=O) groups is 3. The first kappa shape index (κ1) is 19.2. The van der Waals surface area contributed by atoms with Crippen LogP contribution in [0.15, 0.2) is 47.6 Å². The molecule has 29 heavy (non-hydrogen) atoms. The minimum Gasteiger partial charge on any atom is -0.349 e. The maximum absolute atomic E-state index is 12.9. The van der Waals surface area contributed by atoms with E-state index >= 15 is 0 Å². The smallest absolute Gasteiger partial charge is 0.258 e. The number of benzene rings is 1. The summed E-state index contributed by atoms with van der Waals surface area (Å²) >= 11 is 0. The number of pyridine rings is 1. The molecule has 2 N–H and O–H groups in total. The van der Waals surface area contributed by atoms with Crippen LogP contribution in [-0.4, -0.2) is 54.6 Å². The Hall–Kier alpha value is -3.11. The van der Waals surface area contributed by atoms with Crippen molar-refractivity contribution < 1.29 is 22.8 Å². The van der Waals surface area contributed by atoms with E-state index in [1.165, 1.54) is 28.7 Å². The standard InChI is InChI=1S/C19H18N4O5S/c24-17(12-2-1-7-20-11-12)21-13-5-8-23(9-6-13)29(27,28)14-3-4-15-16(10-14)19(26)22-18(15)25/h1-4,7,10-11,13H,5-6,8-9H2,(H,21,24)(H,22,25,26). The minimum absolute atomic E-state index is 0.0288. The summed E-state index contributed by atoms with van der Waals surface area (Å²) in [6.45, 7) is 0.477. The third-order valence-electron chi connectivity index (χ3n) is 5.06. The van der Waals surface area contributed by atoms with Gasteiger partial charge in [-0.05, 0) is 43.2 Å². The molecule has 0 radical (unpaired) electrons. The molecule has 1 saturated heterocycles. The number of amides is 3. The number of carbonyl (C=O) groups excluding carboxylic acids is 3. The van der Waals surface area contributed by atoms with Crippen LogP contribution in [0.4, 0.5) is 0 Å². The van der Waals surface area contributed by atoms with Crippen LogP contribution in [0.5, 0.6) is 0 Å². The maximum Gasteiger partial charge on any atom is 0.258 e. The number of nitrogens with one attached hydrogen (secondary N) is 2. The van der Waals surface area contributed by atoms with Crippen LogP contribution in [0, 0.1) is 0 Å². The first-order valence-corrected chi connectivity index (χ1v) is 10.5. The van der Waals surface area contributed by atoms with Crippen molar-refractivity contribution in [3.63, 3.8) is 0 Å². The molecule has 0 saturated carbocycles. The fraction of sp³-hybridized carbons (Fsp3) is 0.263. The lowest BCUT2D eigenvalue weighted by Gasteiger charge is -2.31. The van der Waals surface area contributed by atoms with Gasteiger partial charge in [-0.3, -0.25) is 24.7 Å². The summed E-state index contributed by atoms with van der Waals surface area (Å²) in [6, 6.07) is 7.12. The van der Waals surface area contributed by atoms with Crippen molar-refractivity contribution in [3.8, 4) is 0 Å². The Morgan fingerprint density at radius 1 is 1.10 bits per heavy atom. The third kappa shape index (κ3) is 3.64. The second-order valence-electron chi connectivity index (χ2n) is 6.88. The van der Waals surface area contributed by atoms with Gasteiger partial charge in [-0.2, -0.15) is 4.31 Å². The van der Waals surface area contributed by atoms with E-state index < -0.39 is 21.8 Å². The predicted octanol–water partition coefficient (Wildman–Crippen LogP) is 0.548. The predicted molar refractivity (Wildman–Crippen MR) is 102 cm³/mol. The second kappa shape index (κ2) is 7.37. The zero-order valence-electron chi connectivity index (χ0n) is 15.3. The highest BCUT2D eigenvalue weighted by molar-refractivity contribution is 7.89. The highest BCUT2D eigenvalue weighted by atomic mass is 32.2. The van der Waals surface area contributed by atoms with Gasteiger partial charge in [0.25, 0.3) is 17.7 Å². The van der Waals surface area contributed by atoms with E-state index in [1.807, 2.05) is 0 Å². The van der Waals surface area contributed by atoms with E-state index in [0.717, 1.165) is 0 Å². The third-order valence-corrected chi connectivity index (χ3v) is 6.95. The number of nitrogens with zero attached hydrogens (tertiary/aromatic N) is 2. The molecular formula is C19H18N4O5S. The number of piperidine rings is 1. The van der Waals surface area contributed by atoms with Crippen LogP contribution in [0.1, 0.15) is 43.9 Å². The summed E-state index contributed by atoms with van der Waals surface area (Å²) in [5.41, 5.74) is 0.689. The van der Waals surface area contributed by atoms with Gasteiger partial charge in [0.05, 0.1) is 21.6 Å².